The molecule has 0 aromatic rings. The Kier molecular flexibility index (Phi) is 8.09. The van der Waals surface area contributed by atoms with Gasteiger partial charge >= 0.3 is 0 Å². The van der Waals surface area contributed by atoms with E-state index in [-0.39, 0.29) is 0 Å². The van der Waals surface area contributed by atoms with Crippen LogP contribution in [-0.4, -0.2) is 19.5 Å². The van der Waals surface area contributed by atoms with E-state index in [2.05, 4.69) is 13.8 Å². The smallest absolute Gasteiger partial charge is 0.120 e. The molecule has 2 saturated carbocycles. The van der Waals surface area contributed by atoms with Crippen LogP contribution in [0.3, 0.4) is 0 Å². The molecule has 0 radical (unpaired) electrons. The molecule has 2 fully saturated rings. The maximum Gasteiger partial charge on any atom is 0.120 e. The molecular weight excluding hydrogens is 284 g/mol. The van der Waals surface area contributed by atoms with Gasteiger partial charge in [-0.2, -0.15) is 0 Å². The van der Waals surface area contributed by atoms with E-state index in [0.29, 0.717) is 5.41 Å². The molecule has 0 N–H and O–H groups in total. The standard InChI is InChI=1S/C21H38O2/c1-3-23-17-13-18-8-4-5-9-19-10-6-14-21(2,15-7-16-22)20(19)12-11-18/h16,18-20H,3-15,17H2,1-2H3/t18?,19-,20?,21?/m1/s1. The Morgan fingerprint density at radius 3 is 2.65 bits per heavy atom. The summed E-state index contributed by atoms with van der Waals surface area (Å²) in [6.45, 7) is 6.37. The number of hydrogen-bond acceptors (Lipinski definition) is 2. The third kappa shape index (κ3) is 5.59. The third-order valence-electron chi connectivity index (χ3n) is 6.82. The predicted molar refractivity (Wildman–Crippen MR) is 96.5 cm³/mol. The zero-order chi connectivity index (χ0) is 16.5. The molecule has 134 valence electrons. The lowest BCUT2D eigenvalue weighted by atomic mass is 9.58. The van der Waals surface area contributed by atoms with Crippen molar-refractivity contribution in [3.8, 4) is 0 Å². The van der Waals surface area contributed by atoms with Crippen molar-refractivity contribution in [3.63, 3.8) is 0 Å². The van der Waals surface area contributed by atoms with Gasteiger partial charge in [0.15, 0.2) is 0 Å². The molecule has 3 unspecified atom stereocenters. The van der Waals surface area contributed by atoms with Gasteiger partial charge in [-0.05, 0) is 55.8 Å². The molecule has 0 aromatic heterocycles. The van der Waals surface area contributed by atoms with Crippen LogP contribution in [0.25, 0.3) is 0 Å². The Hall–Kier alpha value is -0.370. The summed E-state index contributed by atoms with van der Waals surface area (Å²) >= 11 is 0. The van der Waals surface area contributed by atoms with Crippen molar-refractivity contribution >= 4 is 6.29 Å². The molecule has 0 aliphatic heterocycles. The van der Waals surface area contributed by atoms with Gasteiger partial charge in [0.1, 0.15) is 6.29 Å². The van der Waals surface area contributed by atoms with Crippen molar-refractivity contribution < 1.29 is 9.53 Å². The second-order valence-corrected chi connectivity index (χ2v) is 8.33. The highest BCUT2D eigenvalue weighted by Gasteiger charge is 2.41. The fourth-order valence-electron chi connectivity index (χ4n) is 5.43. The Morgan fingerprint density at radius 1 is 1.09 bits per heavy atom. The lowest BCUT2D eigenvalue weighted by Crippen LogP contribution is -2.37. The van der Waals surface area contributed by atoms with Gasteiger partial charge in [-0.15, -0.1) is 0 Å². The van der Waals surface area contributed by atoms with E-state index in [1.54, 1.807) is 0 Å². The number of carbonyl (C=O) groups is 1. The second-order valence-electron chi connectivity index (χ2n) is 8.33. The molecule has 2 aliphatic rings. The van der Waals surface area contributed by atoms with E-state index in [0.717, 1.165) is 50.1 Å². The highest BCUT2D eigenvalue weighted by atomic mass is 16.5. The first kappa shape index (κ1) is 19.0. The van der Waals surface area contributed by atoms with Gasteiger partial charge in [-0.3, -0.25) is 0 Å². The molecule has 0 spiro atoms. The van der Waals surface area contributed by atoms with Crippen molar-refractivity contribution in [2.24, 2.45) is 23.2 Å². The van der Waals surface area contributed by atoms with Crippen molar-refractivity contribution in [2.75, 3.05) is 13.2 Å². The lowest BCUT2D eigenvalue weighted by Gasteiger charge is -2.47. The zero-order valence-electron chi connectivity index (χ0n) is 15.5. The highest BCUT2D eigenvalue weighted by Crippen LogP contribution is 2.51. The fourth-order valence-corrected chi connectivity index (χ4v) is 5.43. The van der Waals surface area contributed by atoms with Gasteiger partial charge in [0.25, 0.3) is 0 Å². The Bertz CT molecular complexity index is 341. The predicted octanol–water partition coefficient (Wildman–Crippen LogP) is 5.79. The topological polar surface area (TPSA) is 26.3 Å². The summed E-state index contributed by atoms with van der Waals surface area (Å²) < 4.78 is 5.60. The lowest BCUT2D eigenvalue weighted by molar-refractivity contribution is -0.108. The summed E-state index contributed by atoms with van der Waals surface area (Å²) in [5.41, 5.74) is 0.415. The van der Waals surface area contributed by atoms with E-state index in [1.165, 1.54) is 64.2 Å². The van der Waals surface area contributed by atoms with Crippen LogP contribution in [0, 0.1) is 23.2 Å². The van der Waals surface area contributed by atoms with Gasteiger partial charge in [-0.25, -0.2) is 0 Å². The van der Waals surface area contributed by atoms with E-state index in [4.69, 9.17) is 4.74 Å². The summed E-state index contributed by atoms with van der Waals surface area (Å²) in [6.07, 6.45) is 16.8. The molecule has 0 bridgehead atoms. The van der Waals surface area contributed by atoms with E-state index < -0.39 is 0 Å². The molecular formula is C21H38O2. The number of ether oxygens (including phenoxy) is 1. The quantitative estimate of drug-likeness (QED) is 0.438. The van der Waals surface area contributed by atoms with Crippen LogP contribution in [0.2, 0.25) is 0 Å². The normalized spacial score (nSPS) is 35.7. The van der Waals surface area contributed by atoms with Gasteiger partial charge in [0, 0.05) is 19.6 Å². The number of aldehydes is 1. The first-order valence-electron chi connectivity index (χ1n) is 10.2. The van der Waals surface area contributed by atoms with Crippen LogP contribution in [0.5, 0.6) is 0 Å². The minimum absolute atomic E-state index is 0.415. The monoisotopic (exact) mass is 322 g/mol. The molecule has 2 rings (SSSR count). The molecule has 2 heteroatoms. The molecule has 0 aromatic carbocycles. The Morgan fingerprint density at radius 2 is 1.87 bits per heavy atom. The van der Waals surface area contributed by atoms with Gasteiger partial charge in [-0.1, -0.05) is 51.9 Å². The Labute approximate surface area is 143 Å². The summed E-state index contributed by atoms with van der Waals surface area (Å²) in [6, 6.07) is 0. The molecule has 0 saturated heterocycles. The fraction of sp³-hybridized carbons (Fsp3) is 0.952. The maximum atomic E-state index is 10.9. The first-order valence-corrected chi connectivity index (χ1v) is 10.2. The molecule has 0 heterocycles. The van der Waals surface area contributed by atoms with Crippen LogP contribution in [0.1, 0.15) is 90.9 Å². The summed E-state index contributed by atoms with van der Waals surface area (Å²) in [4.78, 5) is 10.9. The average Bonchev–Trinajstić information content (AvgIpc) is 2.65. The Balaban J connectivity index is 1.98. The van der Waals surface area contributed by atoms with E-state index in [1.807, 2.05) is 0 Å². The molecule has 2 aliphatic carbocycles. The minimum Gasteiger partial charge on any atom is -0.382 e. The van der Waals surface area contributed by atoms with E-state index >= 15 is 0 Å². The van der Waals surface area contributed by atoms with Gasteiger partial charge in [0.2, 0.25) is 0 Å². The highest BCUT2D eigenvalue weighted by molar-refractivity contribution is 5.49. The van der Waals surface area contributed by atoms with Crippen molar-refractivity contribution in [3.05, 3.63) is 0 Å². The maximum absolute atomic E-state index is 10.9. The first-order chi connectivity index (χ1) is 11.2. The van der Waals surface area contributed by atoms with Crippen LogP contribution in [0.4, 0.5) is 0 Å². The second kappa shape index (κ2) is 9.81. The average molecular weight is 323 g/mol. The third-order valence-corrected chi connectivity index (χ3v) is 6.82. The largest absolute Gasteiger partial charge is 0.382 e. The number of hydrogen-bond donors (Lipinski definition) is 0. The minimum atomic E-state index is 0.415. The van der Waals surface area contributed by atoms with Crippen LogP contribution in [-0.2, 0) is 9.53 Å². The van der Waals surface area contributed by atoms with Crippen LogP contribution in [0.15, 0.2) is 0 Å². The summed E-state index contributed by atoms with van der Waals surface area (Å²) in [5.74, 6) is 2.63. The zero-order valence-corrected chi connectivity index (χ0v) is 15.5. The van der Waals surface area contributed by atoms with Gasteiger partial charge < -0.3 is 9.53 Å². The number of carbonyl (C=O) groups excluding carboxylic acids is 1. The van der Waals surface area contributed by atoms with Crippen molar-refractivity contribution in [1.29, 1.82) is 0 Å². The SMILES string of the molecule is CCOCCC1CCCC[C@@H]2CCCC(C)(CCC=O)C2CC1. The van der Waals surface area contributed by atoms with Crippen LogP contribution >= 0.6 is 0 Å². The number of fused-ring (bicyclic) bond motifs is 1. The molecule has 23 heavy (non-hydrogen) atoms. The van der Waals surface area contributed by atoms with Gasteiger partial charge in [0.05, 0.1) is 0 Å². The number of rotatable bonds is 7. The molecule has 2 nitrogen and oxygen atoms in total. The molecule has 4 atom stereocenters. The molecule has 0 amide bonds. The van der Waals surface area contributed by atoms with Crippen molar-refractivity contribution in [1.82, 2.24) is 0 Å². The van der Waals surface area contributed by atoms with Crippen molar-refractivity contribution in [2.45, 2.75) is 90.9 Å². The summed E-state index contributed by atoms with van der Waals surface area (Å²) in [5, 5.41) is 0. The summed E-state index contributed by atoms with van der Waals surface area (Å²) in [7, 11) is 0. The van der Waals surface area contributed by atoms with Crippen LogP contribution < -0.4 is 0 Å². The van der Waals surface area contributed by atoms with E-state index in [9.17, 15) is 4.79 Å².